The van der Waals surface area contributed by atoms with Gasteiger partial charge in [-0.25, -0.2) is 13.1 Å². The molecule has 2 N–H and O–H groups in total. The Morgan fingerprint density at radius 1 is 1.04 bits per heavy atom. The normalized spacial score (nSPS) is 11.3. The summed E-state index contributed by atoms with van der Waals surface area (Å²) < 4.78 is 32.3. The molecule has 0 fully saturated rings. The minimum Gasteiger partial charge on any atom is -0.491 e. The largest absolute Gasteiger partial charge is 0.491 e. The Hall–Kier alpha value is -2.38. The minimum atomic E-state index is -3.74. The summed E-state index contributed by atoms with van der Waals surface area (Å²) in [5, 5.41) is 2.70. The van der Waals surface area contributed by atoms with Crippen molar-refractivity contribution in [3.8, 4) is 5.75 Å². The summed E-state index contributed by atoms with van der Waals surface area (Å²) in [7, 11) is -3.74. The Morgan fingerprint density at radius 2 is 1.69 bits per heavy atom. The van der Waals surface area contributed by atoms with Crippen molar-refractivity contribution in [1.29, 1.82) is 0 Å². The molecule has 0 saturated heterocycles. The Kier molecular flexibility index (Phi) is 7.17. The number of nitrogens with one attached hydrogen (secondary N) is 2. The van der Waals surface area contributed by atoms with Crippen LogP contribution in [0.25, 0.3) is 0 Å². The molecule has 0 spiro atoms. The molecular formula is C19H24N2O4S. The number of sulfonamides is 1. The van der Waals surface area contributed by atoms with Gasteiger partial charge in [-0.05, 0) is 50.1 Å². The summed E-state index contributed by atoms with van der Waals surface area (Å²) in [6, 6.07) is 15.8. The standard InChI is InChI=1S/C19H24N2O4S/c1-15(2)25-17-8-10-18(11-9-17)26(23,24)21-14-19(22)20-13-12-16-6-4-3-5-7-16/h3-11,15,21H,12-14H2,1-2H3,(H,20,22). The highest BCUT2D eigenvalue weighted by Gasteiger charge is 2.15. The molecule has 0 aliphatic rings. The lowest BCUT2D eigenvalue weighted by Crippen LogP contribution is -2.37. The van der Waals surface area contributed by atoms with Crippen LogP contribution in [0.4, 0.5) is 0 Å². The minimum absolute atomic E-state index is 0.00941. The molecule has 0 atom stereocenters. The van der Waals surface area contributed by atoms with E-state index in [4.69, 9.17) is 4.74 Å². The van der Waals surface area contributed by atoms with Gasteiger partial charge in [0.25, 0.3) is 0 Å². The third kappa shape index (κ3) is 6.50. The van der Waals surface area contributed by atoms with Crippen molar-refractivity contribution in [1.82, 2.24) is 10.0 Å². The van der Waals surface area contributed by atoms with Crippen molar-refractivity contribution in [3.63, 3.8) is 0 Å². The van der Waals surface area contributed by atoms with E-state index in [2.05, 4.69) is 10.0 Å². The van der Waals surface area contributed by atoms with Crippen LogP contribution in [0.3, 0.4) is 0 Å². The maximum atomic E-state index is 12.2. The molecule has 0 heterocycles. The van der Waals surface area contributed by atoms with Gasteiger partial charge in [-0.2, -0.15) is 0 Å². The number of rotatable bonds is 9. The highest BCUT2D eigenvalue weighted by molar-refractivity contribution is 7.89. The zero-order valence-corrected chi connectivity index (χ0v) is 15.8. The fraction of sp³-hybridized carbons (Fsp3) is 0.316. The molecule has 0 unspecified atom stereocenters. The molecule has 2 aromatic carbocycles. The van der Waals surface area contributed by atoms with Gasteiger partial charge in [-0.3, -0.25) is 4.79 Å². The number of amides is 1. The van der Waals surface area contributed by atoms with E-state index >= 15 is 0 Å². The lowest BCUT2D eigenvalue weighted by atomic mass is 10.1. The first-order valence-electron chi connectivity index (χ1n) is 8.44. The Morgan fingerprint density at radius 3 is 2.31 bits per heavy atom. The average molecular weight is 376 g/mol. The van der Waals surface area contributed by atoms with E-state index in [-0.39, 0.29) is 23.5 Å². The third-order valence-corrected chi connectivity index (χ3v) is 4.92. The van der Waals surface area contributed by atoms with Crippen molar-refractivity contribution in [2.24, 2.45) is 0 Å². The van der Waals surface area contributed by atoms with Crippen LogP contribution in [0.15, 0.2) is 59.5 Å². The number of hydrogen-bond donors (Lipinski definition) is 2. The van der Waals surface area contributed by atoms with Crippen molar-refractivity contribution in [3.05, 3.63) is 60.2 Å². The SMILES string of the molecule is CC(C)Oc1ccc(S(=O)(=O)NCC(=O)NCCc2ccccc2)cc1. The molecule has 0 radical (unpaired) electrons. The van der Waals surface area contributed by atoms with Crippen LogP contribution >= 0.6 is 0 Å². The van der Waals surface area contributed by atoms with Crippen molar-refractivity contribution in [2.75, 3.05) is 13.1 Å². The zero-order valence-electron chi connectivity index (χ0n) is 14.9. The molecule has 6 nitrogen and oxygen atoms in total. The van der Waals surface area contributed by atoms with Crippen LogP contribution in [-0.2, 0) is 21.2 Å². The molecule has 0 bridgehead atoms. The molecule has 2 aromatic rings. The molecular weight excluding hydrogens is 352 g/mol. The Labute approximate surface area is 154 Å². The first kappa shape index (κ1) is 19.9. The van der Waals surface area contributed by atoms with Gasteiger partial charge in [0, 0.05) is 6.54 Å². The molecule has 7 heteroatoms. The maximum absolute atomic E-state index is 12.2. The molecule has 0 saturated carbocycles. The summed E-state index contributed by atoms with van der Waals surface area (Å²) in [6.45, 7) is 3.93. The van der Waals surface area contributed by atoms with E-state index in [1.165, 1.54) is 12.1 Å². The summed E-state index contributed by atoms with van der Waals surface area (Å²) >= 11 is 0. The number of carbonyl (C=O) groups is 1. The predicted octanol–water partition coefficient (Wildman–Crippen LogP) is 2.11. The highest BCUT2D eigenvalue weighted by Crippen LogP contribution is 2.16. The second kappa shape index (κ2) is 9.35. The summed E-state index contributed by atoms with van der Waals surface area (Å²) in [5.74, 6) is 0.224. The monoisotopic (exact) mass is 376 g/mol. The molecule has 140 valence electrons. The number of hydrogen-bond acceptors (Lipinski definition) is 4. The molecule has 26 heavy (non-hydrogen) atoms. The van der Waals surface area contributed by atoms with Gasteiger partial charge in [0.1, 0.15) is 5.75 Å². The fourth-order valence-corrected chi connectivity index (χ4v) is 3.25. The van der Waals surface area contributed by atoms with Gasteiger partial charge in [-0.15, -0.1) is 0 Å². The van der Waals surface area contributed by atoms with Gasteiger partial charge < -0.3 is 10.1 Å². The molecule has 1 amide bonds. The number of carbonyl (C=O) groups excluding carboxylic acids is 1. The van der Waals surface area contributed by atoms with Crippen LogP contribution in [0, 0.1) is 0 Å². The van der Waals surface area contributed by atoms with Crippen molar-refractivity contribution >= 4 is 15.9 Å². The topological polar surface area (TPSA) is 84.5 Å². The first-order valence-corrected chi connectivity index (χ1v) is 9.92. The quantitative estimate of drug-likeness (QED) is 0.702. The second-order valence-electron chi connectivity index (χ2n) is 6.05. The molecule has 0 aromatic heterocycles. The fourth-order valence-electron chi connectivity index (χ4n) is 2.27. The lowest BCUT2D eigenvalue weighted by molar-refractivity contribution is -0.119. The lowest BCUT2D eigenvalue weighted by Gasteiger charge is -2.11. The summed E-state index contributed by atoms with van der Waals surface area (Å²) in [6.07, 6.45) is 0.701. The molecule has 2 rings (SSSR count). The first-order chi connectivity index (χ1) is 12.4. The van der Waals surface area contributed by atoms with E-state index in [0.717, 1.165) is 5.56 Å². The van der Waals surface area contributed by atoms with Gasteiger partial charge in [-0.1, -0.05) is 30.3 Å². The predicted molar refractivity (Wildman–Crippen MR) is 101 cm³/mol. The third-order valence-electron chi connectivity index (χ3n) is 3.51. The number of ether oxygens (including phenoxy) is 1. The van der Waals surface area contributed by atoms with E-state index in [1.54, 1.807) is 12.1 Å². The van der Waals surface area contributed by atoms with Crippen LogP contribution in [0.1, 0.15) is 19.4 Å². The van der Waals surface area contributed by atoms with Crippen LogP contribution < -0.4 is 14.8 Å². The van der Waals surface area contributed by atoms with Gasteiger partial charge in [0.05, 0.1) is 17.5 Å². The van der Waals surface area contributed by atoms with E-state index in [0.29, 0.717) is 18.7 Å². The zero-order chi connectivity index (χ0) is 19.0. The smallest absolute Gasteiger partial charge is 0.241 e. The second-order valence-corrected chi connectivity index (χ2v) is 7.82. The van der Waals surface area contributed by atoms with Gasteiger partial charge in [0.15, 0.2) is 0 Å². The van der Waals surface area contributed by atoms with Crippen LogP contribution in [0.5, 0.6) is 5.75 Å². The average Bonchev–Trinajstić information content (AvgIpc) is 2.61. The molecule has 0 aliphatic heterocycles. The summed E-state index contributed by atoms with van der Waals surface area (Å²) in [4.78, 5) is 11.9. The Bertz CT molecular complexity index is 803. The van der Waals surface area contributed by atoms with Gasteiger partial charge >= 0.3 is 0 Å². The highest BCUT2D eigenvalue weighted by atomic mass is 32.2. The van der Waals surface area contributed by atoms with Crippen LogP contribution in [-0.4, -0.2) is 33.5 Å². The van der Waals surface area contributed by atoms with E-state index < -0.39 is 10.0 Å². The van der Waals surface area contributed by atoms with E-state index in [1.807, 2.05) is 44.2 Å². The van der Waals surface area contributed by atoms with E-state index in [9.17, 15) is 13.2 Å². The number of benzene rings is 2. The Balaban J connectivity index is 1.80. The van der Waals surface area contributed by atoms with Gasteiger partial charge in [0.2, 0.25) is 15.9 Å². The van der Waals surface area contributed by atoms with Crippen molar-refractivity contribution in [2.45, 2.75) is 31.3 Å². The maximum Gasteiger partial charge on any atom is 0.241 e. The van der Waals surface area contributed by atoms with Crippen molar-refractivity contribution < 1.29 is 17.9 Å². The summed E-state index contributed by atoms with van der Waals surface area (Å²) in [5.41, 5.74) is 1.11. The molecule has 0 aliphatic carbocycles. The van der Waals surface area contributed by atoms with Crippen LogP contribution in [0.2, 0.25) is 0 Å².